The fourth-order valence-corrected chi connectivity index (χ4v) is 4.23. The topological polar surface area (TPSA) is 71.3 Å². The molecule has 3 atom stereocenters. The average molecular weight is 476 g/mol. The van der Waals surface area contributed by atoms with Gasteiger partial charge in [0.15, 0.2) is 0 Å². The van der Waals surface area contributed by atoms with Crippen LogP contribution >= 0.6 is 0 Å². The summed E-state index contributed by atoms with van der Waals surface area (Å²) in [5, 5.41) is 6.11. The lowest BCUT2D eigenvalue weighted by molar-refractivity contribution is -0.175. The summed E-state index contributed by atoms with van der Waals surface area (Å²) in [5.41, 5.74) is 1.82. The summed E-state index contributed by atoms with van der Waals surface area (Å²) >= 11 is 0. The van der Waals surface area contributed by atoms with Gasteiger partial charge in [0.2, 0.25) is 11.7 Å². The van der Waals surface area contributed by atoms with Crippen LogP contribution in [0.25, 0.3) is 11.4 Å². The number of nitrogens with zero attached hydrogens (tertiary/aromatic N) is 3. The predicted molar refractivity (Wildman–Crippen MR) is 116 cm³/mol. The SMILES string of the molecule is Cc1ccc(-c2noc(C(C)N3CC[C@H](c4ccccc4)[C@H](NC(=O)C(F)(F)F)C3)n2)cc1F. The standard InChI is InChI=1S/C24H24F4N4O2/c1-14-8-9-17(12-19(14)25)21-30-22(34-31-21)15(2)32-11-10-18(16-6-4-3-5-7-16)20(13-32)29-23(33)24(26,27)28/h3-9,12,15,18,20H,10-11,13H2,1-2H3,(H,29,33)/t15?,18-,20-/m1/s1. The van der Waals surface area contributed by atoms with Crippen molar-refractivity contribution in [3.05, 3.63) is 71.4 Å². The summed E-state index contributed by atoms with van der Waals surface area (Å²) < 4.78 is 58.3. The molecule has 6 nitrogen and oxygen atoms in total. The molecule has 180 valence electrons. The van der Waals surface area contributed by atoms with Crippen molar-refractivity contribution in [2.75, 3.05) is 13.1 Å². The van der Waals surface area contributed by atoms with Gasteiger partial charge in [-0.05, 0) is 44.0 Å². The van der Waals surface area contributed by atoms with Crippen molar-refractivity contribution in [3.8, 4) is 11.4 Å². The minimum Gasteiger partial charge on any atom is -0.344 e. The number of benzene rings is 2. The van der Waals surface area contributed by atoms with Crippen molar-refractivity contribution < 1.29 is 26.9 Å². The van der Waals surface area contributed by atoms with Crippen LogP contribution in [0.1, 0.15) is 42.3 Å². The second kappa shape index (κ2) is 9.54. The Balaban J connectivity index is 1.53. The van der Waals surface area contributed by atoms with Crippen molar-refractivity contribution >= 4 is 5.91 Å². The second-order valence-corrected chi connectivity index (χ2v) is 8.47. The number of alkyl halides is 3. The minimum atomic E-state index is -4.97. The molecule has 0 radical (unpaired) electrons. The number of hydrogen-bond acceptors (Lipinski definition) is 5. The molecule has 1 aromatic heterocycles. The number of aryl methyl sites for hydroxylation is 1. The fourth-order valence-electron chi connectivity index (χ4n) is 4.23. The molecule has 1 unspecified atom stereocenters. The molecule has 2 aromatic carbocycles. The van der Waals surface area contributed by atoms with Crippen LogP contribution in [0.15, 0.2) is 53.1 Å². The van der Waals surface area contributed by atoms with Gasteiger partial charge in [-0.3, -0.25) is 9.69 Å². The zero-order valence-corrected chi connectivity index (χ0v) is 18.6. The molecule has 1 N–H and O–H groups in total. The van der Waals surface area contributed by atoms with E-state index in [1.807, 2.05) is 35.2 Å². The monoisotopic (exact) mass is 476 g/mol. The highest BCUT2D eigenvalue weighted by Gasteiger charge is 2.43. The van der Waals surface area contributed by atoms with Crippen LogP contribution in [0, 0.1) is 12.7 Å². The molecule has 3 aromatic rings. The Labute approximate surface area is 194 Å². The summed E-state index contributed by atoms with van der Waals surface area (Å²) in [6.45, 7) is 4.17. The molecular weight excluding hydrogens is 452 g/mol. The van der Waals surface area contributed by atoms with Gasteiger partial charge in [0.1, 0.15) is 5.82 Å². The van der Waals surface area contributed by atoms with Crippen molar-refractivity contribution in [2.45, 2.75) is 44.4 Å². The van der Waals surface area contributed by atoms with E-state index in [-0.39, 0.29) is 30.0 Å². The molecule has 1 amide bonds. The molecule has 0 spiro atoms. The van der Waals surface area contributed by atoms with Crippen molar-refractivity contribution in [3.63, 3.8) is 0 Å². The van der Waals surface area contributed by atoms with E-state index in [4.69, 9.17) is 4.52 Å². The van der Waals surface area contributed by atoms with Gasteiger partial charge in [-0.15, -0.1) is 0 Å². The number of piperidine rings is 1. The van der Waals surface area contributed by atoms with Crippen LogP contribution in [0.3, 0.4) is 0 Å². The second-order valence-electron chi connectivity index (χ2n) is 8.47. The highest BCUT2D eigenvalue weighted by Crippen LogP contribution is 2.33. The summed E-state index contributed by atoms with van der Waals surface area (Å²) in [5.74, 6) is -2.14. The number of likely N-dealkylation sites (tertiary alicyclic amines) is 1. The Hall–Kier alpha value is -3.27. The lowest BCUT2D eigenvalue weighted by atomic mass is 9.84. The fraction of sp³-hybridized carbons (Fsp3) is 0.375. The number of rotatable bonds is 5. The van der Waals surface area contributed by atoms with Gasteiger partial charge in [0, 0.05) is 24.1 Å². The third-order valence-electron chi connectivity index (χ3n) is 6.22. The number of amides is 1. The van der Waals surface area contributed by atoms with Crippen LogP contribution in [-0.4, -0.2) is 46.3 Å². The normalized spacial score (nSPS) is 20.2. The van der Waals surface area contributed by atoms with E-state index >= 15 is 0 Å². The van der Waals surface area contributed by atoms with Crippen LogP contribution in [0.2, 0.25) is 0 Å². The Kier molecular flexibility index (Phi) is 6.70. The molecule has 1 aliphatic rings. The third-order valence-corrected chi connectivity index (χ3v) is 6.22. The number of carbonyl (C=O) groups is 1. The number of halogens is 4. The molecule has 34 heavy (non-hydrogen) atoms. The number of carbonyl (C=O) groups excluding carboxylic acids is 1. The summed E-state index contributed by atoms with van der Waals surface area (Å²) in [4.78, 5) is 18.0. The largest absolute Gasteiger partial charge is 0.471 e. The third kappa shape index (κ3) is 5.11. The molecule has 0 saturated carbocycles. The summed E-state index contributed by atoms with van der Waals surface area (Å²) in [6.07, 6.45) is -4.44. The van der Waals surface area contributed by atoms with Crippen LogP contribution in [0.4, 0.5) is 17.6 Å². The maximum atomic E-state index is 13.9. The molecule has 1 aliphatic heterocycles. The van der Waals surface area contributed by atoms with Gasteiger partial charge in [0.05, 0.1) is 6.04 Å². The molecule has 0 aliphatic carbocycles. The van der Waals surface area contributed by atoms with E-state index in [2.05, 4.69) is 15.5 Å². The summed E-state index contributed by atoms with van der Waals surface area (Å²) in [7, 11) is 0. The molecular formula is C24H24F4N4O2. The first kappa shape index (κ1) is 23.9. The van der Waals surface area contributed by atoms with Gasteiger partial charge < -0.3 is 9.84 Å². The lowest BCUT2D eigenvalue weighted by Gasteiger charge is -2.41. The zero-order valence-electron chi connectivity index (χ0n) is 18.6. The smallest absolute Gasteiger partial charge is 0.344 e. The quantitative estimate of drug-likeness (QED) is 0.537. The summed E-state index contributed by atoms with van der Waals surface area (Å²) in [6, 6.07) is 12.6. The number of nitrogens with one attached hydrogen (secondary N) is 1. The molecule has 10 heteroatoms. The zero-order chi connectivity index (χ0) is 24.5. The van der Waals surface area contributed by atoms with E-state index in [1.165, 1.54) is 6.07 Å². The van der Waals surface area contributed by atoms with Crippen LogP contribution in [0.5, 0.6) is 0 Å². The number of aromatic nitrogens is 2. The van der Waals surface area contributed by atoms with Gasteiger partial charge in [-0.1, -0.05) is 47.6 Å². The van der Waals surface area contributed by atoms with Gasteiger partial charge in [0.25, 0.3) is 0 Å². The van der Waals surface area contributed by atoms with Gasteiger partial charge in [-0.25, -0.2) is 4.39 Å². The first-order valence-corrected chi connectivity index (χ1v) is 10.9. The van der Waals surface area contributed by atoms with Crippen molar-refractivity contribution in [2.24, 2.45) is 0 Å². The Morgan fingerprint density at radius 3 is 2.62 bits per heavy atom. The molecule has 1 saturated heterocycles. The van der Waals surface area contributed by atoms with E-state index in [1.54, 1.807) is 26.0 Å². The number of hydrogen-bond donors (Lipinski definition) is 1. The molecule has 1 fully saturated rings. The maximum absolute atomic E-state index is 13.9. The average Bonchev–Trinajstić information content (AvgIpc) is 3.30. The minimum absolute atomic E-state index is 0.166. The Morgan fingerprint density at radius 1 is 1.21 bits per heavy atom. The van der Waals surface area contributed by atoms with Gasteiger partial charge >= 0.3 is 12.1 Å². The van der Waals surface area contributed by atoms with Crippen LogP contribution < -0.4 is 5.32 Å². The first-order valence-electron chi connectivity index (χ1n) is 10.9. The maximum Gasteiger partial charge on any atom is 0.471 e. The molecule has 2 heterocycles. The lowest BCUT2D eigenvalue weighted by Crippen LogP contribution is -2.54. The van der Waals surface area contributed by atoms with Gasteiger partial charge in [-0.2, -0.15) is 18.2 Å². The van der Waals surface area contributed by atoms with E-state index < -0.39 is 24.2 Å². The molecule has 4 rings (SSSR count). The van der Waals surface area contributed by atoms with E-state index in [0.717, 1.165) is 5.56 Å². The van der Waals surface area contributed by atoms with Crippen molar-refractivity contribution in [1.29, 1.82) is 0 Å². The highest BCUT2D eigenvalue weighted by atomic mass is 19.4. The molecule has 0 bridgehead atoms. The van der Waals surface area contributed by atoms with E-state index in [9.17, 15) is 22.4 Å². The van der Waals surface area contributed by atoms with E-state index in [0.29, 0.717) is 24.1 Å². The predicted octanol–water partition coefficient (Wildman–Crippen LogP) is 4.78. The van der Waals surface area contributed by atoms with Crippen LogP contribution in [-0.2, 0) is 4.79 Å². The first-order chi connectivity index (χ1) is 16.1. The van der Waals surface area contributed by atoms with Crippen molar-refractivity contribution in [1.82, 2.24) is 20.4 Å². The Bertz CT molecular complexity index is 1150. The highest BCUT2D eigenvalue weighted by molar-refractivity contribution is 5.82. The Morgan fingerprint density at radius 2 is 1.94 bits per heavy atom.